The van der Waals surface area contributed by atoms with Crippen LogP contribution in [0, 0.1) is 0 Å². The molecule has 26 heavy (non-hydrogen) atoms. The van der Waals surface area contributed by atoms with E-state index in [4.69, 9.17) is 11.6 Å². The number of hydrogen-bond acceptors (Lipinski definition) is 3. The molecule has 0 aliphatic heterocycles. The van der Waals surface area contributed by atoms with Gasteiger partial charge in [-0.3, -0.25) is 9.67 Å². The molecule has 144 valence electrons. The number of rotatable bonds is 7. The molecule has 2 N–H and O–H groups in total. The van der Waals surface area contributed by atoms with Gasteiger partial charge in [-0.2, -0.15) is 5.10 Å². The molecule has 1 unspecified atom stereocenters. The van der Waals surface area contributed by atoms with E-state index in [0.29, 0.717) is 0 Å². The Morgan fingerprint density at radius 1 is 1.31 bits per heavy atom. The van der Waals surface area contributed by atoms with Crippen LogP contribution in [0.25, 0.3) is 0 Å². The minimum absolute atomic E-state index is 0. The topological polar surface area (TPSA) is 57.5 Å². The van der Waals surface area contributed by atoms with Crippen LogP contribution in [0.15, 0.2) is 41.7 Å². The number of aryl methyl sites for hydroxylation is 1. The maximum atomic E-state index is 6.19. The predicted molar refractivity (Wildman–Crippen MR) is 120 cm³/mol. The molecule has 0 amide bonds. The number of nitrogens with one attached hydrogen (secondary N) is 2. The van der Waals surface area contributed by atoms with E-state index < -0.39 is 0 Å². The van der Waals surface area contributed by atoms with Gasteiger partial charge in [0.05, 0.1) is 12.2 Å². The van der Waals surface area contributed by atoms with Crippen LogP contribution >= 0.6 is 35.6 Å². The number of nitrogens with zero attached hydrogens (tertiary/aromatic N) is 4. The summed E-state index contributed by atoms with van der Waals surface area (Å²) in [7, 11) is 7.83. The minimum atomic E-state index is 0. The van der Waals surface area contributed by atoms with Crippen molar-refractivity contribution in [3.05, 3.63) is 52.8 Å². The molecule has 0 radical (unpaired) electrons. The largest absolute Gasteiger partial charge is 0.356 e. The summed E-state index contributed by atoms with van der Waals surface area (Å²) in [4.78, 5) is 6.46. The third-order valence-electron chi connectivity index (χ3n) is 4.06. The number of guanidine groups is 1. The van der Waals surface area contributed by atoms with Crippen LogP contribution in [0.2, 0.25) is 5.02 Å². The third kappa shape index (κ3) is 6.77. The number of aliphatic imine (C=N–C) groups is 1. The number of likely N-dealkylation sites (N-methyl/N-ethyl adjacent to an activating group) is 1. The zero-order valence-corrected chi connectivity index (χ0v) is 18.8. The summed E-state index contributed by atoms with van der Waals surface area (Å²) in [6, 6.07) is 8.13. The molecule has 0 saturated carbocycles. The van der Waals surface area contributed by atoms with Crippen molar-refractivity contribution in [2.45, 2.75) is 12.5 Å². The first kappa shape index (κ1) is 22.7. The van der Waals surface area contributed by atoms with E-state index in [1.165, 1.54) is 5.56 Å². The van der Waals surface area contributed by atoms with E-state index >= 15 is 0 Å². The molecule has 0 fully saturated rings. The van der Waals surface area contributed by atoms with E-state index in [1.807, 2.05) is 48.4 Å². The second kappa shape index (κ2) is 11.4. The highest BCUT2D eigenvalue weighted by atomic mass is 127. The van der Waals surface area contributed by atoms with Crippen molar-refractivity contribution in [1.29, 1.82) is 0 Å². The van der Waals surface area contributed by atoms with Gasteiger partial charge in [-0.1, -0.05) is 29.8 Å². The van der Waals surface area contributed by atoms with E-state index in [-0.39, 0.29) is 30.0 Å². The molecular formula is C18H28ClIN6. The quantitative estimate of drug-likeness (QED) is 0.356. The molecule has 1 aromatic carbocycles. The molecule has 0 aliphatic carbocycles. The Kier molecular flexibility index (Phi) is 9.97. The fourth-order valence-electron chi connectivity index (χ4n) is 2.64. The Labute approximate surface area is 178 Å². The van der Waals surface area contributed by atoms with E-state index in [0.717, 1.165) is 36.1 Å². The predicted octanol–water partition coefficient (Wildman–Crippen LogP) is 2.70. The van der Waals surface area contributed by atoms with Crippen LogP contribution in [0.3, 0.4) is 0 Å². The zero-order valence-electron chi connectivity index (χ0n) is 15.7. The van der Waals surface area contributed by atoms with Crippen molar-refractivity contribution >= 4 is 41.5 Å². The second-order valence-electron chi connectivity index (χ2n) is 6.15. The van der Waals surface area contributed by atoms with Gasteiger partial charge in [-0.15, -0.1) is 24.0 Å². The molecule has 0 spiro atoms. The smallest absolute Gasteiger partial charge is 0.191 e. The van der Waals surface area contributed by atoms with Crippen molar-refractivity contribution in [2.75, 3.05) is 34.2 Å². The maximum Gasteiger partial charge on any atom is 0.191 e. The summed E-state index contributed by atoms with van der Waals surface area (Å²) in [5.41, 5.74) is 2.31. The Balaban J connectivity index is 0.00000338. The average molecular weight is 491 g/mol. The molecule has 0 aliphatic rings. The number of halogens is 2. The average Bonchev–Trinajstić information content (AvgIpc) is 3.01. The van der Waals surface area contributed by atoms with Crippen LogP contribution in [0.4, 0.5) is 0 Å². The van der Waals surface area contributed by atoms with Gasteiger partial charge in [-0.25, -0.2) is 0 Å². The Morgan fingerprint density at radius 2 is 2.04 bits per heavy atom. The lowest BCUT2D eigenvalue weighted by molar-refractivity contribution is 0.298. The summed E-state index contributed by atoms with van der Waals surface area (Å²) >= 11 is 6.19. The summed E-state index contributed by atoms with van der Waals surface area (Å²) in [5.74, 6) is 0.780. The van der Waals surface area contributed by atoms with Gasteiger partial charge in [-0.05, 0) is 32.1 Å². The highest BCUT2D eigenvalue weighted by Gasteiger charge is 2.16. The molecule has 2 aromatic rings. The van der Waals surface area contributed by atoms with Crippen molar-refractivity contribution in [1.82, 2.24) is 25.3 Å². The molecule has 6 nitrogen and oxygen atoms in total. The zero-order chi connectivity index (χ0) is 18.2. The summed E-state index contributed by atoms with van der Waals surface area (Å²) in [6.45, 7) is 1.51. The number of benzene rings is 1. The van der Waals surface area contributed by atoms with Crippen LogP contribution in [-0.4, -0.2) is 54.9 Å². The van der Waals surface area contributed by atoms with Gasteiger partial charge in [0, 0.05) is 44.0 Å². The Bertz CT molecular complexity index is 700. The highest BCUT2D eigenvalue weighted by molar-refractivity contribution is 14.0. The highest BCUT2D eigenvalue weighted by Crippen LogP contribution is 2.16. The van der Waals surface area contributed by atoms with Crippen molar-refractivity contribution in [3.63, 3.8) is 0 Å². The molecule has 2 rings (SSSR count). The second-order valence-corrected chi connectivity index (χ2v) is 6.56. The minimum Gasteiger partial charge on any atom is -0.356 e. The molecule has 1 aromatic heterocycles. The lowest BCUT2D eigenvalue weighted by Gasteiger charge is -2.24. The fraction of sp³-hybridized carbons (Fsp3) is 0.444. The first-order chi connectivity index (χ1) is 12.0. The standard InChI is InChI=1S/C18H27ClN6.HI/c1-20-18(21-10-9-14-7-5-6-8-16(14)19)22-12-17(24(2)3)15-11-23-25(4)13-15;/h5-8,11,13,17H,9-10,12H2,1-4H3,(H2,20,21,22);1H. The lowest BCUT2D eigenvalue weighted by Crippen LogP contribution is -2.42. The molecule has 0 saturated heterocycles. The van der Waals surface area contributed by atoms with Gasteiger partial charge in [0.15, 0.2) is 5.96 Å². The van der Waals surface area contributed by atoms with Gasteiger partial charge < -0.3 is 15.5 Å². The van der Waals surface area contributed by atoms with E-state index in [2.05, 4.69) is 39.7 Å². The van der Waals surface area contributed by atoms with Crippen molar-refractivity contribution in [2.24, 2.45) is 12.0 Å². The number of hydrogen-bond donors (Lipinski definition) is 2. The van der Waals surface area contributed by atoms with Crippen molar-refractivity contribution < 1.29 is 0 Å². The summed E-state index contributed by atoms with van der Waals surface area (Å²) in [5, 5.41) is 11.8. The molecule has 1 heterocycles. The first-order valence-electron chi connectivity index (χ1n) is 8.34. The first-order valence-corrected chi connectivity index (χ1v) is 8.72. The van der Waals surface area contributed by atoms with E-state index in [9.17, 15) is 0 Å². The van der Waals surface area contributed by atoms with E-state index in [1.54, 1.807) is 7.05 Å². The fourth-order valence-corrected chi connectivity index (χ4v) is 2.87. The van der Waals surface area contributed by atoms with Gasteiger partial charge in [0.25, 0.3) is 0 Å². The summed E-state index contributed by atoms with van der Waals surface area (Å²) < 4.78 is 1.82. The normalized spacial score (nSPS) is 12.6. The Hall–Kier alpha value is -1.32. The molecular weight excluding hydrogens is 463 g/mol. The van der Waals surface area contributed by atoms with Gasteiger partial charge in [0.1, 0.15) is 0 Å². The summed E-state index contributed by atoms with van der Waals surface area (Å²) in [6.07, 6.45) is 4.79. The van der Waals surface area contributed by atoms with Gasteiger partial charge in [0.2, 0.25) is 0 Å². The van der Waals surface area contributed by atoms with Crippen LogP contribution in [0.1, 0.15) is 17.2 Å². The van der Waals surface area contributed by atoms with Crippen LogP contribution in [0.5, 0.6) is 0 Å². The maximum absolute atomic E-state index is 6.19. The van der Waals surface area contributed by atoms with Crippen molar-refractivity contribution in [3.8, 4) is 0 Å². The Morgan fingerprint density at radius 3 is 2.62 bits per heavy atom. The SMILES string of the molecule is CN=C(NCCc1ccccc1Cl)NCC(c1cnn(C)c1)N(C)C.I. The molecule has 8 heteroatoms. The van der Waals surface area contributed by atoms with Crippen LogP contribution < -0.4 is 10.6 Å². The lowest BCUT2D eigenvalue weighted by atomic mass is 10.1. The number of aromatic nitrogens is 2. The molecule has 1 atom stereocenters. The monoisotopic (exact) mass is 490 g/mol. The van der Waals surface area contributed by atoms with Crippen LogP contribution in [-0.2, 0) is 13.5 Å². The van der Waals surface area contributed by atoms with Gasteiger partial charge >= 0.3 is 0 Å². The molecule has 0 bridgehead atoms. The third-order valence-corrected chi connectivity index (χ3v) is 4.43.